The smallest absolute Gasteiger partial charge is 0.337 e. The van der Waals surface area contributed by atoms with Crippen molar-refractivity contribution in [3.8, 4) is 0 Å². The van der Waals surface area contributed by atoms with Gasteiger partial charge in [0.1, 0.15) is 0 Å². The van der Waals surface area contributed by atoms with E-state index in [-0.39, 0.29) is 11.9 Å². The maximum Gasteiger partial charge on any atom is 0.337 e. The zero-order valence-corrected chi connectivity index (χ0v) is 11.9. The van der Waals surface area contributed by atoms with E-state index >= 15 is 0 Å². The molecule has 108 valence electrons. The number of benzene rings is 1. The highest BCUT2D eigenvalue weighted by Crippen LogP contribution is 2.11. The van der Waals surface area contributed by atoms with Crippen LogP contribution in [-0.4, -0.2) is 50.1 Å². The van der Waals surface area contributed by atoms with Gasteiger partial charge in [-0.25, -0.2) is 4.79 Å². The Labute approximate surface area is 118 Å². The summed E-state index contributed by atoms with van der Waals surface area (Å²) in [6.45, 7) is 1.94. The van der Waals surface area contributed by atoms with Gasteiger partial charge in [0, 0.05) is 18.2 Å². The molecule has 1 aliphatic heterocycles. The van der Waals surface area contributed by atoms with E-state index in [1.54, 1.807) is 24.3 Å². The summed E-state index contributed by atoms with van der Waals surface area (Å²) in [7, 11) is 3.38. The molecule has 0 unspecified atom stereocenters. The molecule has 20 heavy (non-hydrogen) atoms. The second-order valence-corrected chi connectivity index (χ2v) is 5.15. The Morgan fingerprint density at radius 2 is 2.10 bits per heavy atom. The minimum atomic E-state index is -0.433. The molecule has 0 radical (unpaired) electrons. The van der Waals surface area contributed by atoms with E-state index in [9.17, 15) is 9.59 Å². The summed E-state index contributed by atoms with van der Waals surface area (Å²) in [4.78, 5) is 25.9. The highest BCUT2D eigenvalue weighted by atomic mass is 16.5. The zero-order valence-electron chi connectivity index (χ0n) is 11.9. The van der Waals surface area contributed by atoms with Crippen LogP contribution in [0.15, 0.2) is 24.3 Å². The molecule has 0 saturated carbocycles. The number of rotatable bonds is 3. The Bertz CT molecular complexity index is 502. The van der Waals surface area contributed by atoms with Crippen LogP contribution in [-0.2, 0) is 4.74 Å². The van der Waals surface area contributed by atoms with Crippen molar-refractivity contribution in [2.24, 2.45) is 0 Å². The van der Waals surface area contributed by atoms with Crippen LogP contribution in [0.5, 0.6) is 0 Å². The minimum Gasteiger partial charge on any atom is -0.465 e. The lowest BCUT2D eigenvalue weighted by Gasteiger charge is -2.30. The van der Waals surface area contributed by atoms with Crippen molar-refractivity contribution < 1.29 is 14.3 Å². The molecule has 1 aromatic rings. The summed E-state index contributed by atoms with van der Waals surface area (Å²) in [5.41, 5.74) is 0.877. The van der Waals surface area contributed by atoms with E-state index in [1.807, 2.05) is 0 Å². The number of ether oxygens (including phenoxy) is 1. The lowest BCUT2D eigenvalue weighted by molar-refractivity contribution is 0.0600. The highest BCUT2D eigenvalue weighted by Gasteiger charge is 2.20. The van der Waals surface area contributed by atoms with Gasteiger partial charge in [0.25, 0.3) is 5.91 Å². The third-order valence-electron chi connectivity index (χ3n) is 3.51. The second kappa shape index (κ2) is 6.52. The number of amides is 1. The molecule has 1 aromatic carbocycles. The summed E-state index contributed by atoms with van der Waals surface area (Å²) in [6.07, 6.45) is 2.08. The molecule has 0 aromatic heterocycles. The van der Waals surface area contributed by atoms with Gasteiger partial charge in [0.05, 0.1) is 12.7 Å². The number of hydrogen-bond donors (Lipinski definition) is 1. The van der Waals surface area contributed by atoms with Crippen LogP contribution in [0.3, 0.4) is 0 Å². The molecule has 5 nitrogen and oxygen atoms in total. The van der Waals surface area contributed by atoms with Crippen LogP contribution in [0.4, 0.5) is 0 Å². The van der Waals surface area contributed by atoms with Gasteiger partial charge in [0.15, 0.2) is 0 Å². The van der Waals surface area contributed by atoms with Crippen molar-refractivity contribution >= 4 is 11.9 Å². The average Bonchev–Trinajstić information content (AvgIpc) is 2.46. The van der Waals surface area contributed by atoms with Crippen molar-refractivity contribution in [1.82, 2.24) is 10.2 Å². The lowest BCUT2D eigenvalue weighted by atomic mass is 10.1. The fourth-order valence-electron chi connectivity index (χ4n) is 2.46. The first-order valence-electron chi connectivity index (χ1n) is 6.78. The summed E-state index contributed by atoms with van der Waals surface area (Å²) >= 11 is 0. The first-order valence-corrected chi connectivity index (χ1v) is 6.78. The van der Waals surface area contributed by atoms with E-state index in [2.05, 4.69) is 22.0 Å². The lowest BCUT2D eigenvalue weighted by Crippen LogP contribution is -2.46. The van der Waals surface area contributed by atoms with Gasteiger partial charge in [-0.15, -0.1) is 0 Å². The van der Waals surface area contributed by atoms with E-state index in [0.29, 0.717) is 11.1 Å². The minimum absolute atomic E-state index is 0.143. The maximum absolute atomic E-state index is 12.2. The van der Waals surface area contributed by atoms with Gasteiger partial charge in [-0.1, -0.05) is 6.07 Å². The molecular weight excluding hydrogens is 256 g/mol. The predicted molar refractivity (Wildman–Crippen MR) is 75.8 cm³/mol. The van der Waals surface area contributed by atoms with E-state index in [4.69, 9.17) is 0 Å². The molecule has 1 aliphatic rings. The van der Waals surface area contributed by atoms with Crippen molar-refractivity contribution in [3.05, 3.63) is 35.4 Å². The van der Waals surface area contributed by atoms with Gasteiger partial charge >= 0.3 is 5.97 Å². The molecule has 0 bridgehead atoms. The fraction of sp³-hybridized carbons (Fsp3) is 0.467. The molecule has 1 N–H and O–H groups in total. The van der Waals surface area contributed by atoms with Gasteiger partial charge in [-0.3, -0.25) is 4.79 Å². The normalized spacial score (nSPS) is 19.4. The molecule has 2 rings (SSSR count). The predicted octanol–water partition coefficient (Wildman–Crippen LogP) is 1.30. The first kappa shape index (κ1) is 14.5. The van der Waals surface area contributed by atoms with E-state index in [1.165, 1.54) is 7.11 Å². The van der Waals surface area contributed by atoms with Crippen LogP contribution >= 0.6 is 0 Å². The van der Waals surface area contributed by atoms with Gasteiger partial charge in [0.2, 0.25) is 0 Å². The number of methoxy groups -OCH3 is 1. The second-order valence-electron chi connectivity index (χ2n) is 5.15. The van der Waals surface area contributed by atoms with Crippen LogP contribution in [0.25, 0.3) is 0 Å². The van der Waals surface area contributed by atoms with Crippen LogP contribution in [0, 0.1) is 0 Å². The van der Waals surface area contributed by atoms with Crippen LogP contribution in [0.2, 0.25) is 0 Å². The Morgan fingerprint density at radius 3 is 2.80 bits per heavy atom. The number of carbonyl (C=O) groups excluding carboxylic acids is 2. The number of likely N-dealkylation sites (tertiary alicyclic amines) is 1. The maximum atomic E-state index is 12.2. The number of carbonyl (C=O) groups is 2. The van der Waals surface area contributed by atoms with Crippen molar-refractivity contribution in [1.29, 1.82) is 0 Å². The summed E-state index contributed by atoms with van der Waals surface area (Å²) in [5, 5.41) is 3.02. The zero-order chi connectivity index (χ0) is 14.5. The highest BCUT2D eigenvalue weighted by molar-refractivity contribution is 5.98. The van der Waals surface area contributed by atoms with Gasteiger partial charge in [-0.2, -0.15) is 0 Å². The largest absolute Gasteiger partial charge is 0.465 e. The van der Waals surface area contributed by atoms with E-state index in [0.717, 1.165) is 25.9 Å². The number of hydrogen-bond acceptors (Lipinski definition) is 4. The number of nitrogens with zero attached hydrogens (tertiary/aromatic N) is 1. The molecule has 1 fully saturated rings. The SMILES string of the molecule is COC(=O)c1cccc(C(=O)N[C@@H]2CCCN(C)C2)c1. The van der Waals surface area contributed by atoms with Gasteiger partial charge in [-0.05, 0) is 44.6 Å². The Balaban J connectivity index is 2.03. The molecule has 1 heterocycles. The average molecular weight is 276 g/mol. The molecular formula is C15H20N2O3. The molecule has 0 aliphatic carbocycles. The molecule has 1 saturated heterocycles. The van der Waals surface area contributed by atoms with E-state index < -0.39 is 5.97 Å². The Morgan fingerprint density at radius 1 is 1.35 bits per heavy atom. The van der Waals surface area contributed by atoms with Crippen molar-refractivity contribution in [2.45, 2.75) is 18.9 Å². The molecule has 1 amide bonds. The number of esters is 1. The molecule has 5 heteroatoms. The number of likely N-dealkylation sites (N-methyl/N-ethyl adjacent to an activating group) is 1. The Kier molecular flexibility index (Phi) is 4.74. The summed E-state index contributed by atoms with van der Waals surface area (Å²) in [5.74, 6) is -0.576. The Hall–Kier alpha value is -1.88. The molecule has 0 spiro atoms. The fourth-order valence-corrected chi connectivity index (χ4v) is 2.46. The standard InChI is InChI=1S/C15H20N2O3/c1-17-8-4-7-13(10-17)16-14(18)11-5-3-6-12(9-11)15(19)20-2/h3,5-6,9,13H,4,7-8,10H2,1-2H3,(H,16,18)/t13-/m1/s1. The van der Waals surface area contributed by atoms with Crippen LogP contribution in [0.1, 0.15) is 33.6 Å². The van der Waals surface area contributed by atoms with Crippen LogP contribution < -0.4 is 5.32 Å². The summed E-state index contributed by atoms with van der Waals surface area (Å²) < 4.78 is 4.66. The van der Waals surface area contributed by atoms with Crippen molar-refractivity contribution in [3.63, 3.8) is 0 Å². The third-order valence-corrected chi connectivity index (χ3v) is 3.51. The summed E-state index contributed by atoms with van der Waals surface area (Å²) in [6, 6.07) is 6.76. The monoisotopic (exact) mass is 276 g/mol. The molecule has 1 atom stereocenters. The quantitative estimate of drug-likeness (QED) is 0.845. The number of piperidine rings is 1. The first-order chi connectivity index (χ1) is 9.60. The van der Waals surface area contributed by atoms with Gasteiger partial charge < -0.3 is 15.0 Å². The van der Waals surface area contributed by atoms with Crippen molar-refractivity contribution in [2.75, 3.05) is 27.2 Å². The third kappa shape index (κ3) is 3.57. The topological polar surface area (TPSA) is 58.6 Å². The number of nitrogens with one attached hydrogen (secondary N) is 1.